The van der Waals surface area contributed by atoms with E-state index in [1.54, 1.807) is 26.4 Å². The van der Waals surface area contributed by atoms with E-state index in [4.69, 9.17) is 14.2 Å². The lowest BCUT2D eigenvalue weighted by atomic mass is 9.96. The highest BCUT2D eigenvalue weighted by Gasteiger charge is 2.33. The largest absolute Gasteiger partial charge is 0.465 e. The Balaban J connectivity index is 1.76. The predicted molar refractivity (Wildman–Crippen MR) is 142 cm³/mol. The van der Waals surface area contributed by atoms with Gasteiger partial charge in [0.2, 0.25) is 11.8 Å². The van der Waals surface area contributed by atoms with E-state index in [-0.39, 0.29) is 43.1 Å². The second-order valence-electron chi connectivity index (χ2n) is 8.92. The van der Waals surface area contributed by atoms with Crippen LogP contribution in [0.2, 0.25) is 0 Å². The van der Waals surface area contributed by atoms with Crippen LogP contribution >= 0.6 is 0 Å². The maximum atomic E-state index is 13.0. The SMILES string of the molecule is COCCNC(=O)CCCC(=O)Nc1ccc2c(c1)C(COC(C)=O)c1cccc(C(=O)NCCOC)c1-2. The number of hydrogen-bond donors (Lipinski definition) is 3. The normalized spacial score (nSPS) is 13.3. The van der Waals surface area contributed by atoms with Crippen LogP contribution in [0.1, 0.15) is 53.6 Å². The average molecular weight is 526 g/mol. The van der Waals surface area contributed by atoms with Crippen LogP contribution < -0.4 is 16.0 Å². The summed E-state index contributed by atoms with van der Waals surface area (Å²) in [5, 5.41) is 8.48. The van der Waals surface area contributed by atoms with Crippen molar-refractivity contribution in [2.24, 2.45) is 0 Å². The maximum absolute atomic E-state index is 13.0. The summed E-state index contributed by atoms with van der Waals surface area (Å²) in [6, 6.07) is 11.0. The van der Waals surface area contributed by atoms with Gasteiger partial charge in [-0.3, -0.25) is 19.2 Å². The zero-order chi connectivity index (χ0) is 27.5. The molecule has 0 heterocycles. The fourth-order valence-corrected chi connectivity index (χ4v) is 4.43. The van der Waals surface area contributed by atoms with E-state index in [0.717, 1.165) is 22.3 Å². The summed E-state index contributed by atoms with van der Waals surface area (Å²) >= 11 is 0. The van der Waals surface area contributed by atoms with E-state index in [0.29, 0.717) is 44.0 Å². The molecule has 0 aliphatic heterocycles. The second kappa shape index (κ2) is 14.3. The highest BCUT2D eigenvalue weighted by atomic mass is 16.5. The Bertz CT molecular complexity index is 1170. The van der Waals surface area contributed by atoms with Crippen molar-refractivity contribution in [2.45, 2.75) is 32.1 Å². The van der Waals surface area contributed by atoms with E-state index >= 15 is 0 Å². The lowest BCUT2D eigenvalue weighted by Gasteiger charge is -2.15. The lowest BCUT2D eigenvalue weighted by molar-refractivity contribution is -0.141. The molecule has 1 aliphatic rings. The summed E-state index contributed by atoms with van der Waals surface area (Å²) in [6.45, 7) is 3.11. The van der Waals surface area contributed by atoms with Crippen LogP contribution in [0.5, 0.6) is 0 Å². The number of nitrogens with one attached hydrogen (secondary N) is 3. The molecule has 1 atom stereocenters. The molecule has 1 unspecified atom stereocenters. The summed E-state index contributed by atoms with van der Waals surface area (Å²) < 4.78 is 15.3. The Kier molecular flexibility index (Phi) is 10.8. The minimum atomic E-state index is -0.399. The Morgan fingerprint density at radius 1 is 0.868 bits per heavy atom. The molecule has 0 spiro atoms. The van der Waals surface area contributed by atoms with E-state index in [2.05, 4.69) is 16.0 Å². The lowest BCUT2D eigenvalue weighted by Crippen LogP contribution is -2.27. The van der Waals surface area contributed by atoms with Gasteiger partial charge in [-0.1, -0.05) is 18.2 Å². The van der Waals surface area contributed by atoms with Gasteiger partial charge < -0.3 is 30.2 Å². The molecule has 2 aromatic rings. The summed E-state index contributed by atoms with van der Waals surface area (Å²) in [5.41, 5.74) is 4.47. The van der Waals surface area contributed by atoms with Crippen molar-refractivity contribution in [1.82, 2.24) is 10.6 Å². The van der Waals surface area contributed by atoms with Crippen molar-refractivity contribution in [3.63, 3.8) is 0 Å². The number of carbonyl (C=O) groups excluding carboxylic acids is 4. The van der Waals surface area contributed by atoms with Crippen LogP contribution in [0.3, 0.4) is 0 Å². The Labute approximate surface area is 222 Å². The Morgan fingerprint density at radius 2 is 1.58 bits per heavy atom. The van der Waals surface area contributed by atoms with Gasteiger partial charge in [0, 0.05) is 64.2 Å². The third-order valence-electron chi connectivity index (χ3n) is 6.18. The number of rotatable bonds is 14. The number of benzene rings is 2. The first-order valence-electron chi connectivity index (χ1n) is 12.6. The molecular formula is C28H35N3O7. The molecule has 0 saturated heterocycles. The number of carbonyl (C=O) groups is 4. The molecule has 10 nitrogen and oxygen atoms in total. The standard InChI is InChI=1S/C28H35N3O7/c1-18(32)38-17-24-20-6-4-7-22(28(35)30-13-15-37-3)27(20)21-11-10-19(16-23(21)24)31-26(34)9-5-8-25(33)29-12-14-36-2/h4,6-7,10-11,16,24H,5,8-9,12-15,17H2,1-3H3,(H,29,33)(H,30,35)(H,31,34). The highest BCUT2D eigenvalue weighted by molar-refractivity contribution is 6.04. The molecule has 10 heteroatoms. The summed E-state index contributed by atoms with van der Waals surface area (Å²) in [5.74, 6) is -1.24. The van der Waals surface area contributed by atoms with E-state index < -0.39 is 5.97 Å². The monoisotopic (exact) mass is 525 g/mol. The van der Waals surface area contributed by atoms with Gasteiger partial charge in [0.25, 0.3) is 5.91 Å². The summed E-state index contributed by atoms with van der Waals surface area (Å²) in [4.78, 5) is 48.9. The molecule has 3 N–H and O–H groups in total. The van der Waals surface area contributed by atoms with Crippen molar-refractivity contribution in [3.8, 4) is 11.1 Å². The highest BCUT2D eigenvalue weighted by Crippen LogP contribution is 2.47. The molecule has 2 aromatic carbocycles. The number of fused-ring (bicyclic) bond motifs is 3. The second-order valence-corrected chi connectivity index (χ2v) is 8.92. The summed E-state index contributed by atoms with van der Waals surface area (Å²) in [6.07, 6.45) is 0.853. The molecule has 38 heavy (non-hydrogen) atoms. The topological polar surface area (TPSA) is 132 Å². The zero-order valence-corrected chi connectivity index (χ0v) is 22.1. The molecule has 3 rings (SSSR count). The fraction of sp³-hybridized carbons (Fsp3) is 0.429. The van der Waals surface area contributed by atoms with E-state index in [1.165, 1.54) is 6.92 Å². The molecule has 1 aliphatic carbocycles. The first kappa shape index (κ1) is 28.8. The molecule has 0 bridgehead atoms. The molecule has 3 amide bonds. The molecule has 0 aromatic heterocycles. The van der Waals surface area contributed by atoms with Gasteiger partial charge in [-0.15, -0.1) is 0 Å². The van der Waals surface area contributed by atoms with Crippen LogP contribution in [0.15, 0.2) is 36.4 Å². The molecular weight excluding hydrogens is 490 g/mol. The van der Waals surface area contributed by atoms with Gasteiger partial charge in [0.15, 0.2) is 0 Å². The number of anilines is 1. The number of ether oxygens (including phenoxy) is 3. The third-order valence-corrected chi connectivity index (χ3v) is 6.18. The number of hydrogen-bond acceptors (Lipinski definition) is 7. The third kappa shape index (κ3) is 7.62. The van der Waals surface area contributed by atoms with Gasteiger partial charge in [-0.2, -0.15) is 0 Å². The zero-order valence-electron chi connectivity index (χ0n) is 22.1. The minimum Gasteiger partial charge on any atom is -0.465 e. The average Bonchev–Trinajstić information content (AvgIpc) is 3.20. The predicted octanol–water partition coefficient (Wildman–Crippen LogP) is 2.61. The molecule has 0 fully saturated rings. The fourth-order valence-electron chi connectivity index (χ4n) is 4.43. The van der Waals surface area contributed by atoms with E-state index in [9.17, 15) is 19.2 Å². The quantitative estimate of drug-likeness (QED) is 0.255. The smallest absolute Gasteiger partial charge is 0.302 e. The summed E-state index contributed by atoms with van der Waals surface area (Å²) in [7, 11) is 3.13. The van der Waals surface area contributed by atoms with Gasteiger partial charge in [0.1, 0.15) is 6.61 Å². The van der Waals surface area contributed by atoms with Gasteiger partial charge in [0.05, 0.1) is 13.2 Å². The van der Waals surface area contributed by atoms with Gasteiger partial charge in [-0.05, 0) is 46.9 Å². The van der Waals surface area contributed by atoms with Crippen molar-refractivity contribution >= 4 is 29.4 Å². The molecule has 204 valence electrons. The molecule has 0 saturated carbocycles. The molecule has 0 radical (unpaired) electrons. The number of esters is 1. The Morgan fingerprint density at radius 3 is 2.29 bits per heavy atom. The number of amides is 3. The van der Waals surface area contributed by atoms with Crippen LogP contribution in [0.25, 0.3) is 11.1 Å². The van der Waals surface area contributed by atoms with Crippen molar-refractivity contribution in [1.29, 1.82) is 0 Å². The maximum Gasteiger partial charge on any atom is 0.302 e. The van der Waals surface area contributed by atoms with Crippen molar-refractivity contribution < 1.29 is 33.4 Å². The minimum absolute atomic E-state index is 0.111. The van der Waals surface area contributed by atoms with Gasteiger partial charge >= 0.3 is 5.97 Å². The van der Waals surface area contributed by atoms with E-state index in [1.807, 2.05) is 24.3 Å². The Hall–Kier alpha value is -3.76. The first-order valence-corrected chi connectivity index (χ1v) is 12.6. The van der Waals surface area contributed by atoms with Crippen molar-refractivity contribution in [3.05, 3.63) is 53.1 Å². The van der Waals surface area contributed by atoms with Gasteiger partial charge in [-0.25, -0.2) is 0 Å². The van der Waals surface area contributed by atoms with Crippen LogP contribution in [-0.4, -0.2) is 70.8 Å². The van der Waals surface area contributed by atoms with Crippen LogP contribution in [0.4, 0.5) is 5.69 Å². The number of methoxy groups -OCH3 is 2. The van der Waals surface area contributed by atoms with Crippen molar-refractivity contribution in [2.75, 3.05) is 52.4 Å². The first-order chi connectivity index (χ1) is 18.3. The van der Waals surface area contributed by atoms with Crippen LogP contribution in [0, 0.1) is 0 Å². The van der Waals surface area contributed by atoms with Crippen LogP contribution in [-0.2, 0) is 28.6 Å².